The summed E-state index contributed by atoms with van der Waals surface area (Å²) >= 11 is 0. The lowest BCUT2D eigenvalue weighted by Gasteiger charge is -2.24. The van der Waals surface area contributed by atoms with Crippen LogP contribution in [0.3, 0.4) is 0 Å². The third-order valence-corrected chi connectivity index (χ3v) is 7.06. The first-order valence-electron chi connectivity index (χ1n) is 7.93. The smallest absolute Gasteiger partial charge is 0.298 e. The third kappa shape index (κ3) is 3.09. The van der Waals surface area contributed by atoms with Crippen LogP contribution in [0.1, 0.15) is 18.6 Å². The molecule has 10 nitrogen and oxygen atoms in total. The first kappa shape index (κ1) is 16.3. The Morgan fingerprint density at radius 1 is 1.32 bits per heavy atom. The van der Waals surface area contributed by atoms with Crippen LogP contribution in [0.5, 0.6) is 0 Å². The Balaban J connectivity index is 1.65. The van der Waals surface area contributed by atoms with Crippen molar-refractivity contribution in [3.05, 3.63) is 40.1 Å². The lowest BCUT2D eigenvalue weighted by atomic mass is 10.0. The van der Waals surface area contributed by atoms with Crippen molar-refractivity contribution in [2.75, 3.05) is 26.2 Å². The van der Waals surface area contributed by atoms with Crippen molar-refractivity contribution < 1.29 is 14.0 Å². The van der Waals surface area contributed by atoms with E-state index >= 15 is 0 Å². The van der Waals surface area contributed by atoms with Gasteiger partial charge < -0.3 is 0 Å². The fraction of sp³-hybridized carbons (Fsp3) is 0.429. The number of nitro benzene ring substituents is 1. The van der Waals surface area contributed by atoms with Gasteiger partial charge in [-0.2, -0.15) is 0 Å². The summed E-state index contributed by atoms with van der Waals surface area (Å²) in [5.41, 5.74) is 1.36. The van der Waals surface area contributed by atoms with Crippen LogP contribution in [0.15, 0.2) is 24.4 Å². The van der Waals surface area contributed by atoms with Gasteiger partial charge in [-0.1, -0.05) is 5.21 Å². The van der Waals surface area contributed by atoms with Gasteiger partial charge in [-0.3, -0.25) is 24.3 Å². The Morgan fingerprint density at radius 2 is 2.00 bits per heavy atom. The predicted octanol–water partition coefficient (Wildman–Crippen LogP) is 2.20. The Hall–Kier alpha value is -2.13. The second-order valence-corrected chi connectivity index (χ2v) is 8.36. The number of hydrogen-bond acceptors (Lipinski definition) is 6. The maximum absolute atomic E-state index is 13.1. The molecule has 0 radical (unpaired) electrons. The minimum atomic E-state index is -2.97. The summed E-state index contributed by atoms with van der Waals surface area (Å²) in [5.74, 6) is 0. The number of aromatic nitrogens is 3. The summed E-state index contributed by atoms with van der Waals surface area (Å²) in [6.45, 7) is 4.87. The molecule has 3 heterocycles. The fourth-order valence-corrected chi connectivity index (χ4v) is 5.03. The summed E-state index contributed by atoms with van der Waals surface area (Å²) in [5, 5.41) is 21.3. The van der Waals surface area contributed by atoms with E-state index in [4.69, 9.17) is 4.52 Å². The van der Waals surface area contributed by atoms with Crippen molar-refractivity contribution in [3.63, 3.8) is 0 Å². The summed E-state index contributed by atoms with van der Waals surface area (Å²) < 4.78 is 22.7. The molecule has 2 saturated heterocycles. The highest BCUT2D eigenvalue weighted by atomic mass is 31.2. The summed E-state index contributed by atoms with van der Waals surface area (Å²) in [7, 11) is -2.97. The molecule has 11 heteroatoms. The topological polar surface area (TPSA) is 117 Å². The Kier molecular flexibility index (Phi) is 3.92. The number of nitrogens with zero attached hydrogens (tertiary/aromatic N) is 5. The lowest BCUT2D eigenvalue weighted by Crippen LogP contribution is -2.10. The molecule has 2 aromatic rings. The number of aromatic amines is 1. The molecular formula is C14H17N6O4P. The summed E-state index contributed by atoms with van der Waals surface area (Å²) in [6.07, 6.45) is 1.02. The maximum atomic E-state index is 13.1. The molecule has 25 heavy (non-hydrogen) atoms. The molecule has 1 aromatic carbocycles. The summed E-state index contributed by atoms with van der Waals surface area (Å²) in [6, 6.07) is 4.69. The van der Waals surface area contributed by atoms with Gasteiger partial charge in [-0.15, -0.1) is 5.10 Å². The first-order chi connectivity index (χ1) is 12.0. The number of nitrogens with one attached hydrogen (secondary N) is 1. The van der Waals surface area contributed by atoms with Gasteiger partial charge in [0.25, 0.3) is 5.69 Å². The maximum Gasteiger partial charge on any atom is 0.346 e. The van der Waals surface area contributed by atoms with Gasteiger partial charge in [-0.25, -0.2) is 9.34 Å². The van der Waals surface area contributed by atoms with E-state index in [1.165, 1.54) is 12.3 Å². The number of nitro groups is 1. The van der Waals surface area contributed by atoms with E-state index in [2.05, 4.69) is 15.4 Å². The lowest BCUT2D eigenvalue weighted by molar-refractivity contribution is -0.384. The van der Waals surface area contributed by atoms with Crippen molar-refractivity contribution in [1.29, 1.82) is 0 Å². The van der Waals surface area contributed by atoms with E-state index < -0.39 is 18.7 Å². The van der Waals surface area contributed by atoms with E-state index in [0.29, 0.717) is 16.8 Å². The average molecular weight is 364 g/mol. The second-order valence-electron chi connectivity index (χ2n) is 6.04. The molecule has 0 spiro atoms. The van der Waals surface area contributed by atoms with Crippen LogP contribution in [0.25, 0.3) is 11.3 Å². The van der Waals surface area contributed by atoms with E-state index in [0.717, 1.165) is 26.2 Å². The molecule has 1 unspecified atom stereocenters. The first-order valence-corrected chi connectivity index (χ1v) is 9.46. The Morgan fingerprint density at radius 3 is 2.52 bits per heavy atom. The molecule has 1 N–H and O–H groups in total. The van der Waals surface area contributed by atoms with Crippen molar-refractivity contribution in [1.82, 2.24) is 24.8 Å². The zero-order valence-electron chi connectivity index (χ0n) is 13.5. The normalized spacial score (nSPS) is 18.9. The number of H-pyrrole nitrogens is 1. The van der Waals surface area contributed by atoms with Gasteiger partial charge in [-0.05, 0) is 24.6 Å². The molecule has 0 bridgehead atoms. The van der Waals surface area contributed by atoms with Crippen LogP contribution in [0.4, 0.5) is 5.69 Å². The monoisotopic (exact) mass is 364 g/mol. The molecule has 2 aliphatic heterocycles. The van der Waals surface area contributed by atoms with Crippen LogP contribution in [0.2, 0.25) is 0 Å². The van der Waals surface area contributed by atoms with Crippen LogP contribution in [-0.4, -0.2) is 55.9 Å². The molecule has 1 atom stereocenters. The zero-order valence-corrected chi connectivity index (χ0v) is 14.4. The van der Waals surface area contributed by atoms with Gasteiger partial charge >= 0.3 is 7.67 Å². The standard InChI is InChI=1S/C14H17N6O4P/c1-10(24-25(23,18-4-5-18)19-6-7-19)11-2-3-14(20(21)22)12(8-11)13-9-15-17-16-13/h2-3,8-10H,4-7H2,1H3,(H,15,16,17). The largest absolute Gasteiger partial charge is 0.346 e. The van der Waals surface area contributed by atoms with Gasteiger partial charge in [0.2, 0.25) is 0 Å². The molecule has 0 aliphatic carbocycles. The van der Waals surface area contributed by atoms with Gasteiger partial charge in [0.15, 0.2) is 0 Å². The van der Waals surface area contributed by atoms with Crippen LogP contribution >= 0.6 is 7.67 Å². The third-order valence-electron chi connectivity index (χ3n) is 4.24. The highest BCUT2D eigenvalue weighted by Crippen LogP contribution is 2.63. The molecule has 1 aromatic heterocycles. The molecular weight excluding hydrogens is 347 g/mol. The highest BCUT2D eigenvalue weighted by Gasteiger charge is 2.50. The molecule has 132 valence electrons. The van der Waals surface area contributed by atoms with Gasteiger partial charge in [0.1, 0.15) is 5.69 Å². The molecule has 2 aliphatic rings. The summed E-state index contributed by atoms with van der Waals surface area (Å²) in [4.78, 5) is 10.8. The van der Waals surface area contributed by atoms with Crippen molar-refractivity contribution in [2.45, 2.75) is 13.0 Å². The van der Waals surface area contributed by atoms with Crippen LogP contribution in [-0.2, 0) is 9.09 Å². The molecule has 2 fully saturated rings. The van der Waals surface area contributed by atoms with Crippen molar-refractivity contribution in [3.8, 4) is 11.3 Å². The predicted molar refractivity (Wildman–Crippen MR) is 88.7 cm³/mol. The Labute approximate surface area is 143 Å². The van der Waals surface area contributed by atoms with Gasteiger partial charge in [0, 0.05) is 32.2 Å². The van der Waals surface area contributed by atoms with Crippen LogP contribution in [0, 0.1) is 10.1 Å². The van der Waals surface area contributed by atoms with E-state index in [9.17, 15) is 14.7 Å². The molecule has 0 amide bonds. The minimum absolute atomic E-state index is 0.0649. The second kappa shape index (κ2) is 5.99. The minimum Gasteiger partial charge on any atom is -0.298 e. The SMILES string of the molecule is CC(OP(=O)(N1CC1)N1CC1)c1ccc([N+](=O)[O-])c(-c2c[nH]nn2)c1. The number of hydrogen-bond donors (Lipinski definition) is 1. The van der Waals surface area contributed by atoms with Crippen molar-refractivity contribution in [2.24, 2.45) is 0 Å². The van der Waals surface area contributed by atoms with Crippen molar-refractivity contribution >= 4 is 13.4 Å². The highest BCUT2D eigenvalue weighted by molar-refractivity contribution is 7.54. The Bertz CT molecular complexity index is 833. The fourth-order valence-electron chi connectivity index (χ4n) is 2.68. The zero-order chi connectivity index (χ0) is 17.6. The average Bonchev–Trinajstić information content (AvgIpc) is 3.51. The molecule has 0 saturated carbocycles. The van der Waals surface area contributed by atoms with Gasteiger partial charge in [0.05, 0.1) is 22.8 Å². The van der Waals surface area contributed by atoms with E-state index in [-0.39, 0.29) is 5.69 Å². The quantitative estimate of drug-likeness (QED) is 0.344. The van der Waals surface area contributed by atoms with Crippen LogP contribution < -0.4 is 0 Å². The number of benzene rings is 1. The molecule has 4 rings (SSSR count). The van der Waals surface area contributed by atoms with E-state index in [1.54, 1.807) is 19.1 Å². The van der Waals surface area contributed by atoms with E-state index in [1.807, 2.05) is 9.34 Å². The number of rotatable bonds is 7.